The maximum absolute atomic E-state index is 13.3. The Balaban J connectivity index is 1.44. The van der Waals surface area contributed by atoms with Crippen molar-refractivity contribution in [3.05, 3.63) is 74.6 Å². The van der Waals surface area contributed by atoms with E-state index in [1.807, 2.05) is 31.2 Å². The van der Waals surface area contributed by atoms with Gasteiger partial charge >= 0.3 is 0 Å². The normalized spacial score (nSPS) is 15.2. The zero-order valence-corrected chi connectivity index (χ0v) is 19.2. The van der Waals surface area contributed by atoms with Gasteiger partial charge in [-0.25, -0.2) is 9.67 Å². The van der Waals surface area contributed by atoms with Gasteiger partial charge in [-0.1, -0.05) is 58.7 Å². The molecule has 32 heavy (non-hydrogen) atoms. The molecule has 2 aromatic heterocycles. The van der Waals surface area contributed by atoms with Gasteiger partial charge in [0.15, 0.2) is 10.8 Å². The molecule has 1 aliphatic heterocycles. The lowest BCUT2D eigenvalue weighted by Crippen LogP contribution is -2.27. The van der Waals surface area contributed by atoms with E-state index in [2.05, 4.69) is 10.4 Å². The van der Waals surface area contributed by atoms with Gasteiger partial charge in [0, 0.05) is 12.2 Å². The van der Waals surface area contributed by atoms with E-state index in [1.54, 1.807) is 27.4 Å². The SMILES string of the molecule is Cc1ccc(-n2ncc3c(=O)n4c(nc32)SCC4CC(=O)Nc2cccc(Cl)c2Cl)cc1. The summed E-state index contributed by atoms with van der Waals surface area (Å²) in [6.45, 7) is 2.01. The Bertz CT molecular complexity index is 1410. The molecule has 1 unspecified atom stereocenters. The molecule has 10 heteroatoms. The Morgan fingerprint density at radius 2 is 2.00 bits per heavy atom. The van der Waals surface area contributed by atoms with E-state index < -0.39 is 0 Å². The molecule has 5 rings (SSSR count). The standard InChI is InChI=1S/C22H17Cl2N5O2S/c1-12-5-7-13(8-6-12)29-20-15(10-25-29)21(31)28-14(11-32-22(28)27-20)9-18(30)26-17-4-2-3-16(23)19(17)24/h2-8,10,14H,9,11H2,1H3,(H,26,30). The predicted octanol–water partition coefficient (Wildman–Crippen LogP) is 4.87. The van der Waals surface area contributed by atoms with E-state index >= 15 is 0 Å². The molecule has 3 heterocycles. The van der Waals surface area contributed by atoms with Crippen LogP contribution in [0.15, 0.2) is 58.6 Å². The van der Waals surface area contributed by atoms with Crippen LogP contribution in [0.25, 0.3) is 16.7 Å². The number of aromatic nitrogens is 4. The van der Waals surface area contributed by atoms with Crippen LogP contribution in [0.5, 0.6) is 0 Å². The summed E-state index contributed by atoms with van der Waals surface area (Å²) in [5, 5.41) is 8.80. The molecule has 1 amide bonds. The first kappa shape index (κ1) is 21.1. The van der Waals surface area contributed by atoms with Gasteiger partial charge in [-0.2, -0.15) is 5.10 Å². The maximum atomic E-state index is 13.3. The molecule has 1 aliphatic rings. The number of benzene rings is 2. The first-order valence-electron chi connectivity index (χ1n) is 9.86. The van der Waals surface area contributed by atoms with Gasteiger partial charge in [-0.3, -0.25) is 14.2 Å². The molecule has 0 fully saturated rings. The lowest BCUT2D eigenvalue weighted by Gasteiger charge is -2.14. The summed E-state index contributed by atoms with van der Waals surface area (Å²) in [5.74, 6) is 0.318. The minimum absolute atomic E-state index is 0.113. The highest BCUT2D eigenvalue weighted by molar-refractivity contribution is 7.99. The number of nitrogens with one attached hydrogen (secondary N) is 1. The minimum Gasteiger partial charge on any atom is -0.325 e. The molecule has 0 radical (unpaired) electrons. The van der Waals surface area contributed by atoms with E-state index in [0.717, 1.165) is 11.3 Å². The first-order valence-corrected chi connectivity index (χ1v) is 11.6. The van der Waals surface area contributed by atoms with Crippen molar-refractivity contribution in [3.8, 4) is 5.69 Å². The molecule has 0 saturated carbocycles. The summed E-state index contributed by atoms with van der Waals surface area (Å²) < 4.78 is 3.26. The number of aryl methyl sites for hydroxylation is 1. The largest absolute Gasteiger partial charge is 0.325 e. The van der Waals surface area contributed by atoms with Crippen molar-refractivity contribution in [3.63, 3.8) is 0 Å². The third kappa shape index (κ3) is 3.68. The quantitative estimate of drug-likeness (QED) is 0.416. The van der Waals surface area contributed by atoms with Crippen molar-refractivity contribution in [1.29, 1.82) is 0 Å². The van der Waals surface area contributed by atoms with Gasteiger partial charge < -0.3 is 5.32 Å². The molecule has 2 aromatic carbocycles. The monoisotopic (exact) mass is 485 g/mol. The number of fused-ring (bicyclic) bond motifs is 2. The van der Waals surface area contributed by atoms with Crippen LogP contribution < -0.4 is 10.9 Å². The first-order chi connectivity index (χ1) is 15.4. The Morgan fingerprint density at radius 1 is 1.22 bits per heavy atom. The molecule has 0 saturated heterocycles. The lowest BCUT2D eigenvalue weighted by atomic mass is 10.2. The second-order valence-electron chi connectivity index (χ2n) is 7.52. The lowest BCUT2D eigenvalue weighted by molar-refractivity contribution is -0.116. The van der Waals surface area contributed by atoms with Gasteiger partial charge in [0.1, 0.15) is 5.39 Å². The smallest absolute Gasteiger partial charge is 0.265 e. The highest BCUT2D eigenvalue weighted by Crippen LogP contribution is 2.34. The number of nitrogens with zero attached hydrogens (tertiary/aromatic N) is 4. The van der Waals surface area contributed by atoms with Gasteiger partial charge in [0.25, 0.3) is 5.56 Å². The molecule has 7 nitrogen and oxygen atoms in total. The van der Waals surface area contributed by atoms with Crippen LogP contribution in [0.2, 0.25) is 10.0 Å². The Hall–Kier alpha value is -2.81. The van der Waals surface area contributed by atoms with Crippen LogP contribution in [0.3, 0.4) is 0 Å². The summed E-state index contributed by atoms with van der Waals surface area (Å²) >= 11 is 13.6. The van der Waals surface area contributed by atoms with Crippen LogP contribution in [0.4, 0.5) is 5.69 Å². The van der Waals surface area contributed by atoms with Gasteiger partial charge in [-0.05, 0) is 31.2 Å². The minimum atomic E-state index is -0.319. The fourth-order valence-corrected chi connectivity index (χ4v) is 5.15. The summed E-state index contributed by atoms with van der Waals surface area (Å²) in [6, 6.07) is 12.6. The van der Waals surface area contributed by atoms with E-state index in [4.69, 9.17) is 28.2 Å². The molecule has 0 bridgehead atoms. The van der Waals surface area contributed by atoms with E-state index in [1.165, 1.54) is 18.0 Å². The van der Waals surface area contributed by atoms with Crippen LogP contribution in [-0.4, -0.2) is 31.0 Å². The van der Waals surface area contributed by atoms with Crippen LogP contribution >= 0.6 is 35.0 Å². The molecule has 162 valence electrons. The number of thioether (sulfide) groups is 1. The average molecular weight is 486 g/mol. The van der Waals surface area contributed by atoms with E-state index in [0.29, 0.717) is 32.7 Å². The Morgan fingerprint density at radius 3 is 2.78 bits per heavy atom. The van der Waals surface area contributed by atoms with Crippen LogP contribution in [-0.2, 0) is 4.79 Å². The number of carbonyl (C=O) groups is 1. The van der Waals surface area contributed by atoms with Crippen LogP contribution in [0.1, 0.15) is 18.0 Å². The number of hydrogen-bond donors (Lipinski definition) is 1. The summed E-state index contributed by atoms with van der Waals surface area (Å²) in [6.07, 6.45) is 1.64. The van der Waals surface area contributed by atoms with Crippen molar-refractivity contribution in [1.82, 2.24) is 19.3 Å². The number of rotatable bonds is 4. The number of halogens is 2. The molecule has 0 spiro atoms. The highest BCUT2D eigenvalue weighted by atomic mass is 35.5. The maximum Gasteiger partial charge on any atom is 0.265 e. The number of hydrogen-bond acceptors (Lipinski definition) is 5. The van der Waals surface area contributed by atoms with Crippen molar-refractivity contribution >= 4 is 57.6 Å². The topological polar surface area (TPSA) is 81.8 Å². The summed E-state index contributed by atoms with van der Waals surface area (Å²) in [5.41, 5.74) is 2.71. The number of carbonyl (C=O) groups excluding carboxylic acids is 1. The molecular weight excluding hydrogens is 469 g/mol. The number of anilines is 1. The third-order valence-electron chi connectivity index (χ3n) is 5.30. The fourth-order valence-electron chi connectivity index (χ4n) is 3.67. The molecule has 1 atom stereocenters. The zero-order chi connectivity index (χ0) is 22.4. The van der Waals surface area contributed by atoms with E-state index in [9.17, 15) is 9.59 Å². The second-order valence-corrected chi connectivity index (χ2v) is 9.29. The van der Waals surface area contributed by atoms with Crippen molar-refractivity contribution < 1.29 is 4.79 Å². The molecular formula is C22H17Cl2N5O2S. The van der Waals surface area contributed by atoms with E-state index in [-0.39, 0.29) is 29.0 Å². The van der Waals surface area contributed by atoms with Crippen molar-refractivity contribution in [2.75, 3.05) is 11.1 Å². The Kier molecular flexibility index (Phi) is 5.44. The molecule has 0 aliphatic carbocycles. The fraction of sp³-hybridized carbons (Fsp3) is 0.182. The van der Waals surface area contributed by atoms with Gasteiger partial charge in [0.05, 0.1) is 33.7 Å². The summed E-state index contributed by atoms with van der Waals surface area (Å²) in [4.78, 5) is 30.6. The molecule has 4 aromatic rings. The highest BCUT2D eigenvalue weighted by Gasteiger charge is 2.29. The summed E-state index contributed by atoms with van der Waals surface area (Å²) in [7, 11) is 0. The van der Waals surface area contributed by atoms with Gasteiger partial charge in [-0.15, -0.1) is 0 Å². The van der Waals surface area contributed by atoms with Crippen molar-refractivity contribution in [2.24, 2.45) is 0 Å². The number of amides is 1. The second kappa shape index (κ2) is 8.27. The Labute approximate surface area is 197 Å². The molecule has 1 N–H and O–H groups in total. The van der Waals surface area contributed by atoms with Gasteiger partial charge in [0.2, 0.25) is 5.91 Å². The third-order valence-corrected chi connectivity index (χ3v) is 7.21. The van der Waals surface area contributed by atoms with Crippen molar-refractivity contribution in [2.45, 2.75) is 24.5 Å². The predicted molar refractivity (Wildman–Crippen MR) is 127 cm³/mol. The zero-order valence-electron chi connectivity index (χ0n) is 16.9. The average Bonchev–Trinajstić information content (AvgIpc) is 3.37. The van der Waals surface area contributed by atoms with Crippen LogP contribution in [0, 0.1) is 6.92 Å².